The summed E-state index contributed by atoms with van der Waals surface area (Å²) in [6.07, 6.45) is 4.39. The molecule has 0 saturated carbocycles. The molecule has 1 aromatic heterocycles. The number of pyridine rings is 1. The molecule has 1 heteroatoms. The maximum Gasteiger partial charge on any atom is 0.0705 e. The van der Waals surface area contributed by atoms with Crippen molar-refractivity contribution in [3.05, 3.63) is 53.7 Å². The second-order valence-corrected chi connectivity index (χ2v) is 4.81. The van der Waals surface area contributed by atoms with Crippen molar-refractivity contribution in [2.75, 3.05) is 0 Å². The molecule has 0 radical (unpaired) electrons. The fourth-order valence-electron chi connectivity index (χ4n) is 2.47. The molecular weight excluding hydrogens is 218 g/mol. The molecule has 0 aliphatic carbocycles. The predicted molar refractivity (Wildman–Crippen MR) is 77.7 cm³/mol. The number of hydrogen-bond acceptors (Lipinski definition) is 1. The Morgan fingerprint density at radius 2 is 1.72 bits per heavy atom. The molecular formula is C17H21N. The summed E-state index contributed by atoms with van der Waals surface area (Å²) in [5.41, 5.74) is 5.05. The second kappa shape index (κ2) is 5.81. The molecule has 0 saturated heterocycles. The Kier molecular flexibility index (Phi) is 4.14. The maximum atomic E-state index is 4.56. The van der Waals surface area contributed by atoms with Gasteiger partial charge in [-0.2, -0.15) is 0 Å². The summed E-state index contributed by atoms with van der Waals surface area (Å²) < 4.78 is 0. The van der Waals surface area contributed by atoms with E-state index in [1.165, 1.54) is 29.5 Å². The highest BCUT2D eigenvalue weighted by atomic mass is 14.7. The molecule has 94 valence electrons. The normalized spacial score (nSPS) is 10.9. The molecule has 1 heterocycles. The fraction of sp³-hybridized carbons (Fsp3) is 0.353. The Labute approximate surface area is 110 Å². The minimum absolute atomic E-state index is 0.649. The lowest BCUT2D eigenvalue weighted by molar-refractivity contribution is 0.637. The van der Waals surface area contributed by atoms with Crippen LogP contribution in [-0.4, -0.2) is 4.98 Å². The molecule has 0 spiro atoms. The largest absolute Gasteiger partial charge is 0.256 e. The van der Waals surface area contributed by atoms with E-state index in [4.69, 9.17) is 0 Å². The van der Waals surface area contributed by atoms with E-state index in [1.54, 1.807) is 0 Å². The van der Waals surface area contributed by atoms with Gasteiger partial charge in [-0.1, -0.05) is 44.2 Å². The van der Waals surface area contributed by atoms with E-state index in [9.17, 15) is 0 Å². The van der Waals surface area contributed by atoms with Gasteiger partial charge in [-0.05, 0) is 42.9 Å². The first-order valence-corrected chi connectivity index (χ1v) is 6.78. The number of nitrogens with zero attached hydrogens (tertiary/aromatic N) is 1. The quantitative estimate of drug-likeness (QED) is 0.734. The Morgan fingerprint density at radius 3 is 2.33 bits per heavy atom. The summed E-state index contributed by atoms with van der Waals surface area (Å²) in [4.78, 5) is 4.56. The third-order valence-electron chi connectivity index (χ3n) is 3.64. The minimum atomic E-state index is 0.649. The lowest BCUT2D eigenvalue weighted by Crippen LogP contribution is -2.00. The predicted octanol–water partition coefficient (Wildman–Crippen LogP) is 4.96. The molecule has 0 bridgehead atoms. The average Bonchev–Trinajstić information content (AvgIpc) is 2.43. The van der Waals surface area contributed by atoms with E-state index in [0.29, 0.717) is 5.92 Å². The Morgan fingerprint density at radius 1 is 1.06 bits per heavy atom. The van der Waals surface area contributed by atoms with Crippen LogP contribution in [0.1, 0.15) is 43.7 Å². The summed E-state index contributed by atoms with van der Waals surface area (Å²) >= 11 is 0. The van der Waals surface area contributed by atoms with Gasteiger partial charge in [0.15, 0.2) is 0 Å². The van der Waals surface area contributed by atoms with Gasteiger partial charge in [-0.15, -0.1) is 0 Å². The summed E-state index contributed by atoms with van der Waals surface area (Å²) in [5.74, 6) is 0.649. The van der Waals surface area contributed by atoms with Crippen LogP contribution in [0.5, 0.6) is 0 Å². The number of hydrogen-bond donors (Lipinski definition) is 0. The van der Waals surface area contributed by atoms with Gasteiger partial charge >= 0.3 is 0 Å². The first-order chi connectivity index (χ1) is 8.76. The number of benzene rings is 1. The molecule has 0 unspecified atom stereocenters. The first kappa shape index (κ1) is 12.8. The molecule has 0 atom stereocenters. The minimum Gasteiger partial charge on any atom is -0.256 e. The number of rotatable bonds is 4. The second-order valence-electron chi connectivity index (χ2n) is 4.81. The van der Waals surface area contributed by atoms with Gasteiger partial charge in [0.25, 0.3) is 0 Å². The highest BCUT2D eigenvalue weighted by molar-refractivity contribution is 5.60. The van der Waals surface area contributed by atoms with Gasteiger partial charge in [0.2, 0.25) is 0 Å². The average molecular weight is 239 g/mol. The standard InChI is InChI=1S/C17H21N/c1-4-14(5-2)16-11-17(18-12-13(16)3)15-9-7-6-8-10-15/h6-12,14H,4-5H2,1-3H3. The Bertz CT molecular complexity index is 498. The van der Waals surface area contributed by atoms with Crippen molar-refractivity contribution in [2.45, 2.75) is 39.5 Å². The van der Waals surface area contributed by atoms with Gasteiger partial charge in [0.1, 0.15) is 0 Å². The maximum absolute atomic E-state index is 4.56. The van der Waals surface area contributed by atoms with Crippen molar-refractivity contribution in [1.82, 2.24) is 4.98 Å². The van der Waals surface area contributed by atoms with E-state index in [2.05, 4.69) is 56.1 Å². The van der Waals surface area contributed by atoms with E-state index < -0.39 is 0 Å². The lowest BCUT2D eigenvalue weighted by Gasteiger charge is -2.16. The van der Waals surface area contributed by atoms with Crippen LogP contribution in [-0.2, 0) is 0 Å². The zero-order valence-electron chi connectivity index (χ0n) is 11.5. The topological polar surface area (TPSA) is 12.9 Å². The molecule has 2 aromatic rings. The Balaban J connectivity index is 2.44. The monoisotopic (exact) mass is 239 g/mol. The molecule has 2 rings (SSSR count). The smallest absolute Gasteiger partial charge is 0.0705 e. The molecule has 0 aliphatic heterocycles. The van der Waals surface area contributed by atoms with E-state index >= 15 is 0 Å². The van der Waals surface area contributed by atoms with E-state index in [1.807, 2.05) is 12.3 Å². The van der Waals surface area contributed by atoms with Crippen molar-refractivity contribution in [3.63, 3.8) is 0 Å². The zero-order valence-corrected chi connectivity index (χ0v) is 11.5. The number of aryl methyl sites for hydroxylation is 1. The molecule has 18 heavy (non-hydrogen) atoms. The highest BCUT2D eigenvalue weighted by Crippen LogP contribution is 2.28. The number of aromatic nitrogens is 1. The third-order valence-corrected chi connectivity index (χ3v) is 3.64. The van der Waals surface area contributed by atoms with Crippen molar-refractivity contribution in [3.8, 4) is 11.3 Å². The lowest BCUT2D eigenvalue weighted by atomic mass is 9.90. The van der Waals surface area contributed by atoms with Crippen LogP contribution in [0.25, 0.3) is 11.3 Å². The molecule has 1 aromatic carbocycles. The Hall–Kier alpha value is -1.63. The molecule has 0 amide bonds. The highest BCUT2D eigenvalue weighted by Gasteiger charge is 2.11. The summed E-state index contributed by atoms with van der Waals surface area (Å²) in [5, 5.41) is 0. The van der Waals surface area contributed by atoms with Crippen molar-refractivity contribution >= 4 is 0 Å². The van der Waals surface area contributed by atoms with Crippen LogP contribution >= 0.6 is 0 Å². The van der Waals surface area contributed by atoms with Gasteiger partial charge < -0.3 is 0 Å². The summed E-state index contributed by atoms with van der Waals surface area (Å²) in [6.45, 7) is 6.68. The van der Waals surface area contributed by atoms with Crippen LogP contribution in [0.4, 0.5) is 0 Å². The fourth-order valence-corrected chi connectivity index (χ4v) is 2.47. The van der Waals surface area contributed by atoms with Crippen molar-refractivity contribution in [1.29, 1.82) is 0 Å². The molecule has 0 N–H and O–H groups in total. The van der Waals surface area contributed by atoms with E-state index in [0.717, 1.165) is 5.69 Å². The van der Waals surface area contributed by atoms with Crippen LogP contribution in [0.15, 0.2) is 42.6 Å². The SMILES string of the molecule is CCC(CC)c1cc(-c2ccccc2)ncc1C. The zero-order chi connectivity index (χ0) is 13.0. The third kappa shape index (κ3) is 2.61. The van der Waals surface area contributed by atoms with E-state index in [-0.39, 0.29) is 0 Å². The molecule has 1 nitrogen and oxygen atoms in total. The molecule has 0 aliphatic rings. The molecule has 0 fully saturated rings. The van der Waals surface area contributed by atoms with Gasteiger partial charge in [-0.25, -0.2) is 0 Å². The van der Waals surface area contributed by atoms with Crippen molar-refractivity contribution < 1.29 is 0 Å². The summed E-state index contributed by atoms with van der Waals surface area (Å²) in [7, 11) is 0. The van der Waals surface area contributed by atoms with Gasteiger partial charge in [0.05, 0.1) is 5.69 Å². The van der Waals surface area contributed by atoms with Crippen molar-refractivity contribution in [2.24, 2.45) is 0 Å². The van der Waals surface area contributed by atoms with Gasteiger partial charge in [-0.3, -0.25) is 4.98 Å². The summed E-state index contributed by atoms with van der Waals surface area (Å²) in [6, 6.07) is 12.7. The van der Waals surface area contributed by atoms with Gasteiger partial charge in [0, 0.05) is 11.8 Å². The first-order valence-electron chi connectivity index (χ1n) is 6.78. The van der Waals surface area contributed by atoms with Crippen LogP contribution in [0.3, 0.4) is 0 Å². The van der Waals surface area contributed by atoms with Crippen LogP contribution < -0.4 is 0 Å². The van der Waals surface area contributed by atoms with Crippen LogP contribution in [0, 0.1) is 6.92 Å². The van der Waals surface area contributed by atoms with Crippen LogP contribution in [0.2, 0.25) is 0 Å².